The number of sulfonamides is 1. The zero-order valence-corrected chi connectivity index (χ0v) is 11.7. The van der Waals surface area contributed by atoms with Gasteiger partial charge in [0, 0.05) is 5.69 Å². The van der Waals surface area contributed by atoms with Crippen LogP contribution in [0.25, 0.3) is 0 Å². The predicted molar refractivity (Wildman–Crippen MR) is 70.1 cm³/mol. The van der Waals surface area contributed by atoms with Gasteiger partial charge in [-0.05, 0) is 39.0 Å². The Morgan fingerprint density at radius 1 is 1.28 bits per heavy atom. The van der Waals surface area contributed by atoms with Crippen molar-refractivity contribution in [2.24, 2.45) is 0 Å². The van der Waals surface area contributed by atoms with Gasteiger partial charge in [-0.25, -0.2) is 13.2 Å². The number of benzene rings is 1. The van der Waals surface area contributed by atoms with Crippen LogP contribution < -0.4 is 4.72 Å². The molecule has 0 aromatic heterocycles. The zero-order valence-electron chi connectivity index (χ0n) is 10.9. The Morgan fingerprint density at radius 2 is 1.89 bits per heavy atom. The second kappa shape index (κ2) is 4.97. The molecule has 18 heavy (non-hydrogen) atoms. The molecule has 1 N–H and O–H groups in total. The first-order valence-corrected chi connectivity index (χ1v) is 6.86. The van der Waals surface area contributed by atoms with Crippen LogP contribution in [0.5, 0.6) is 0 Å². The van der Waals surface area contributed by atoms with Gasteiger partial charge in [0.2, 0.25) is 10.0 Å². The second-order valence-electron chi connectivity index (χ2n) is 4.79. The van der Waals surface area contributed by atoms with Crippen molar-refractivity contribution < 1.29 is 17.9 Å². The number of esters is 1. The molecule has 0 aliphatic heterocycles. The molecule has 0 radical (unpaired) electrons. The normalized spacial score (nSPS) is 12.0. The molecule has 0 spiro atoms. The smallest absolute Gasteiger partial charge is 0.337 e. The number of carbonyl (C=O) groups is 1. The molecule has 0 aliphatic carbocycles. The average Bonchev–Trinajstić information content (AvgIpc) is 2.26. The third-order valence-corrected chi connectivity index (χ3v) is 4.46. The van der Waals surface area contributed by atoms with E-state index in [4.69, 9.17) is 0 Å². The minimum absolute atomic E-state index is 0.298. The van der Waals surface area contributed by atoms with Crippen LogP contribution in [0.2, 0.25) is 0 Å². The average molecular weight is 271 g/mol. The Labute approximate surface area is 107 Å². The minimum atomic E-state index is -3.50. The van der Waals surface area contributed by atoms with E-state index in [1.807, 2.05) is 0 Å². The van der Waals surface area contributed by atoms with Gasteiger partial charge < -0.3 is 4.74 Å². The summed E-state index contributed by atoms with van der Waals surface area (Å²) in [6, 6.07) is 6.17. The zero-order chi connectivity index (χ0) is 14.0. The van der Waals surface area contributed by atoms with Crippen molar-refractivity contribution in [1.82, 2.24) is 0 Å². The summed E-state index contributed by atoms with van der Waals surface area (Å²) in [5.41, 5.74) is 0.638. The van der Waals surface area contributed by atoms with Gasteiger partial charge in [-0.3, -0.25) is 4.72 Å². The maximum atomic E-state index is 11.9. The van der Waals surface area contributed by atoms with Crippen LogP contribution in [0.4, 0.5) is 5.69 Å². The largest absolute Gasteiger partial charge is 0.465 e. The number of methoxy groups -OCH3 is 1. The van der Waals surface area contributed by atoms with Crippen LogP contribution >= 0.6 is 0 Å². The number of anilines is 1. The van der Waals surface area contributed by atoms with Crippen LogP contribution in [-0.4, -0.2) is 26.2 Å². The summed E-state index contributed by atoms with van der Waals surface area (Å²) >= 11 is 0. The standard InChI is InChI=1S/C12H17NO4S/c1-12(2,3)18(15,16)13-10-7-5-6-9(8-10)11(14)17-4/h5-8,13H,1-4H3. The van der Waals surface area contributed by atoms with Crippen LogP contribution in [-0.2, 0) is 14.8 Å². The van der Waals surface area contributed by atoms with Crippen molar-refractivity contribution in [3.8, 4) is 0 Å². The molecule has 0 unspecified atom stereocenters. The molecular weight excluding hydrogens is 254 g/mol. The molecule has 0 atom stereocenters. The molecule has 1 aromatic rings. The topological polar surface area (TPSA) is 72.5 Å². The molecule has 0 aliphatic rings. The van der Waals surface area contributed by atoms with E-state index >= 15 is 0 Å². The number of hydrogen-bond acceptors (Lipinski definition) is 4. The van der Waals surface area contributed by atoms with Crippen molar-refractivity contribution in [2.45, 2.75) is 25.5 Å². The van der Waals surface area contributed by atoms with Gasteiger partial charge in [0.25, 0.3) is 0 Å². The molecule has 5 nitrogen and oxygen atoms in total. The predicted octanol–water partition coefficient (Wildman–Crippen LogP) is 2.01. The maximum absolute atomic E-state index is 11.9. The van der Waals surface area contributed by atoms with E-state index in [-0.39, 0.29) is 0 Å². The van der Waals surface area contributed by atoms with E-state index in [1.54, 1.807) is 39.0 Å². The molecule has 0 heterocycles. The molecule has 0 saturated heterocycles. The number of ether oxygens (including phenoxy) is 1. The molecule has 100 valence electrons. The van der Waals surface area contributed by atoms with Crippen LogP contribution in [0.3, 0.4) is 0 Å². The molecule has 0 bridgehead atoms. The fourth-order valence-corrected chi connectivity index (χ4v) is 1.88. The summed E-state index contributed by atoms with van der Waals surface area (Å²) in [6.45, 7) is 4.79. The lowest BCUT2D eigenvalue weighted by Crippen LogP contribution is -2.33. The van der Waals surface area contributed by atoms with Gasteiger partial charge in [-0.2, -0.15) is 0 Å². The molecule has 0 fully saturated rings. The Kier molecular flexibility index (Phi) is 4.01. The van der Waals surface area contributed by atoms with Crippen molar-refractivity contribution in [2.75, 3.05) is 11.8 Å². The number of nitrogens with one attached hydrogen (secondary N) is 1. The van der Waals surface area contributed by atoms with E-state index in [0.29, 0.717) is 11.3 Å². The Bertz CT molecular complexity index is 543. The highest BCUT2D eigenvalue weighted by Crippen LogP contribution is 2.20. The van der Waals surface area contributed by atoms with Gasteiger partial charge in [-0.1, -0.05) is 6.07 Å². The summed E-state index contributed by atoms with van der Waals surface area (Å²) in [6.07, 6.45) is 0. The summed E-state index contributed by atoms with van der Waals surface area (Å²) in [7, 11) is -2.23. The summed E-state index contributed by atoms with van der Waals surface area (Å²) in [5, 5.41) is 0. The van der Waals surface area contributed by atoms with Gasteiger partial charge in [0.1, 0.15) is 0 Å². The molecule has 1 aromatic carbocycles. The third-order valence-electron chi connectivity index (χ3n) is 2.34. The highest BCUT2D eigenvalue weighted by Gasteiger charge is 2.28. The summed E-state index contributed by atoms with van der Waals surface area (Å²) in [5.74, 6) is -0.508. The van der Waals surface area contributed by atoms with E-state index in [2.05, 4.69) is 9.46 Å². The molecular formula is C12H17NO4S. The molecule has 6 heteroatoms. The Morgan fingerprint density at radius 3 is 2.39 bits per heavy atom. The summed E-state index contributed by atoms with van der Waals surface area (Å²) in [4.78, 5) is 11.3. The fraction of sp³-hybridized carbons (Fsp3) is 0.417. The SMILES string of the molecule is COC(=O)c1cccc(NS(=O)(=O)C(C)(C)C)c1. The number of carbonyl (C=O) groups excluding carboxylic acids is 1. The van der Waals surface area contributed by atoms with Crippen molar-refractivity contribution in [1.29, 1.82) is 0 Å². The van der Waals surface area contributed by atoms with E-state index in [0.717, 1.165) is 0 Å². The Balaban J connectivity index is 3.04. The van der Waals surface area contributed by atoms with Gasteiger partial charge in [0.15, 0.2) is 0 Å². The first kappa shape index (κ1) is 14.5. The van der Waals surface area contributed by atoms with E-state index in [9.17, 15) is 13.2 Å². The lowest BCUT2D eigenvalue weighted by atomic mass is 10.2. The molecule has 1 rings (SSSR count). The third kappa shape index (κ3) is 3.22. The Hall–Kier alpha value is -1.56. The van der Waals surface area contributed by atoms with Crippen LogP contribution in [0, 0.1) is 0 Å². The fourth-order valence-electron chi connectivity index (χ4n) is 1.14. The van der Waals surface area contributed by atoms with Crippen LogP contribution in [0.1, 0.15) is 31.1 Å². The van der Waals surface area contributed by atoms with Gasteiger partial charge in [-0.15, -0.1) is 0 Å². The maximum Gasteiger partial charge on any atom is 0.337 e. The second-order valence-corrected chi connectivity index (χ2v) is 7.23. The molecule has 0 saturated carbocycles. The van der Waals surface area contributed by atoms with Crippen molar-refractivity contribution in [3.05, 3.63) is 29.8 Å². The summed E-state index contributed by atoms with van der Waals surface area (Å²) < 4.78 is 30.0. The minimum Gasteiger partial charge on any atom is -0.465 e. The lowest BCUT2D eigenvalue weighted by Gasteiger charge is -2.20. The first-order valence-electron chi connectivity index (χ1n) is 5.38. The monoisotopic (exact) mass is 271 g/mol. The number of rotatable bonds is 3. The lowest BCUT2D eigenvalue weighted by molar-refractivity contribution is 0.0601. The number of hydrogen-bond donors (Lipinski definition) is 1. The highest BCUT2D eigenvalue weighted by molar-refractivity contribution is 7.94. The molecule has 0 amide bonds. The van der Waals surface area contributed by atoms with Crippen LogP contribution in [0.15, 0.2) is 24.3 Å². The van der Waals surface area contributed by atoms with E-state index in [1.165, 1.54) is 13.2 Å². The van der Waals surface area contributed by atoms with Gasteiger partial charge in [0.05, 0.1) is 17.4 Å². The van der Waals surface area contributed by atoms with Gasteiger partial charge >= 0.3 is 5.97 Å². The first-order chi connectivity index (χ1) is 8.17. The van der Waals surface area contributed by atoms with Crippen molar-refractivity contribution >= 4 is 21.7 Å². The van der Waals surface area contributed by atoms with Crippen molar-refractivity contribution in [3.63, 3.8) is 0 Å². The quantitative estimate of drug-likeness (QED) is 0.854. The highest BCUT2D eigenvalue weighted by atomic mass is 32.2. The van der Waals surface area contributed by atoms with E-state index < -0.39 is 20.7 Å².